The molecule has 0 spiro atoms. The molecule has 1 saturated heterocycles. The van der Waals surface area contributed by atoms with Crippen molar-refractivity contribution in [1.29, 1.82) is 0 Å². The van der Waals surface area contributed by atoms with Crippen LogP contribution in [-0.2, 0) is 0 Å². The van der Waals surface area contributed by atoms with Gasteiger partial charge in [0.25, 0.3) is 5.91 Å². The number of amides is 1. The van der Waals surface area contributed by atoms with Gasteiger partial charge >= 0.3 is 0 Å². The molecule has 2 bridgehead atoms. The van der Waals surface area contributed by atoms with Gasteiger partial charge in [-0.3, -0.25) is 4.79 Å². The Bertz CT molecular complexity index is 1060. The van der Waals surface area contributed by atoms with E-state index in [0.29, 0.717) is 23.2 Å². The van der Waals surface area contributed by atoms with Crippen LogP contribution in [0.15, 0.2) is 65.5 Å². The van der Waals surface area contributed by atoms with Crippen LogP contribution in [0.25, 0.3) is 11.4 Å². The van der Waals surface area contributed by atoms with Crippen LogP contribution in [0.3, 0.4) is 0 Å². The van der Waals surface area contributed by atoms with Crippen molar-refractivity contribution < 1.29 is 9.53 Å². The number of nitrogens with zero attached hydrogens (tertiary/aromatic N) is 4. The molecule has 4 atom stereocenters. The summed E-state index contributed by atoms with van der Waals surface area (Å²) in [6, 6.07) is 13.3. The van der Waals surface area contributed by atoms with E-state index in [1.165, 1.54) is 0 Å². The van der Waals surface area contributed by atoms with Crippen LogP contribution in [0, 0.1) is 5.92 Å². The number of benzene rings is 1. The van der Waals surface area contributed by atoms with Crippen LogP contribution in [0.4, 0.5) is 0 Å². The number of likely N-dealkylation sites (tertiary alicyclic amines) is 1. The number of carbonyl (C=O) groups excluding carboxylic acids is 1. The summed E-state index contributed by atoms with van der Waals surface area (Å²) in [5.74, 6) is 1.59. The predicted molar refractivity (Wildman–Crippen MR) is 116 cm³/mol. The molecule has 0 N–H and O–H groups in total. The van der Waals surface area contributed by atoms with E-state index < -0.39 is 0 Å². The summed E-state index contributed by atoms with van der Waals surface area (Å²) in [6.45, 7) is 2.14. The van der Waals surface area contributed by atoms with E-state index in [1.54, 1.807) is 24.7 Å². The molecule has 6 nitrogen and oxygen atoms in total. The van der Waals surface area contributed by atoms with Gasteiger partial charge in [-0.15, -0.1) is 0 Å². The molecule has 1 saturated carbocycles. The Labute approximate surface area is 183 Å². The fourth-order valence-electron chi connectivity index (χ4n) is 4.72. The Kier molecular flexibility index (Phi) is 4.98. The van der Waals surface area contributed by atoms with E-state index in [2.05, 4.69) is 37.8 Å². The Morgan fingerprint density at radius 2 is 1.87 bits per heavy atom. The van der Waals surface area contributed by atoms with E-state index in [0.717, 1.165) is 22.9 Å². The Hall–Kier alpha value is -2.80. The normalized spacial score (nSPS) is 24.8. The summed E-state index contributed by atoms with van der Waals surface area (Å²) in [4.78, 5) is 28.7. The first kappa shape index (κ1) is 19.2. The number of ether oxygens (including phenoxy) is 1. The minimum Gasteiger partial charge on any atom is -0.472 e. The second-order valence-electron chi connectivity index (χ2n) is 7.84. The zero-order valence-corrected chi connectivity index (χ0v) is 18.1. The Balaban J connectivity index is 1.43. The number of rotatable bonds is 4. The quantitative estimate of drug-likeness (QED) is 0.573. The fraction of sp³-hybridized carbons (Fsp3) is 0.304. The summed E-state index contributed by atoms with van der Waals surface area (Å²) < 4.78 is 7.10. The van der Waals surface area contributed by atoms with Gasteiger partial charge in [-0.2, -0.15) is 0 Å². The lowest BCUT2D eigenvalue weighted by Gasteiger charge is -2.38. The molecule has 1 aliphatic heterocycles. The van der Waals surface area contributed by atoms with Gasteiger partial charge in [0.1, 0.15) is 6.10 Å². The van der Waals surface area contributed by atoms with Gasteiger partial charge in [-0.25, -0.2) is 15.0 Å². The van der Waals surface area contributed by atoms with Gasteiger partial charge in [0, 0.05) is 40.7 Å². The van der Waals surface area contributed by atoms with E-state index in [-0.39, 0.29) is 24.1 Å². The minimum absolute atomic E-state index is 0.00937. The second-order valence-corrected chi connectivity index (χ2v) is 8.76. The number of halogens is 1. The molecule has 3 aromatic rings. The number of carbonyl (C=O) groups is 1. The van der Waals surface area contributed by atoms with E-state index in [9.17, 15) is 4.79 Å². The average molecular weight is 465 g/mol. The van der Waals surface area contributed by atoms with Gasteiger partial charge in [0.2, 0.25) is 5.88 Å². The Morgan fingerprint density at radius 1 is 1.07 bits per heavy atom. The van der Waals surface area contributed by atoms with Crippen LogP contribution < -0.4 is 4.74 Å². The van der Waals surface area contributed by atoms with Gasteiger partial charge in [-0.1, -0.05) is 18.2 Å². The Morgan fingerprint density at radius 3 is 2.60 bits per heavy atom. The monoisotopic (exact) mass is 464 g/mol. The van der Waals surface area contributed by atoms with Crippen LogP contribution in [0.2, 0.25) is 0 Å². The van der Waals surface area contributed by atoms with Crippen molar-refractivity contribution >= 4 is 21.8 Å². The van der Waals surface area contributed by atoms with Crippen molar-refractivity contribution in [3.8, 4) is 17.3 Å². The van der Waals surface area contributed by atoms with Crippen LogP contribution in [0.5, 0.6) is 5.88 Å². The summed E-state index contributed by atoms with van der Waals surface area (Å²) in [5.41, 5.74) is 1.38. The van der Waals surface area contributed by atoms with E-state index in [4.69, 9.17) is 4.74 Å². The van der Waals surface area contributed by atoms with Crippen molar-refractivity contribution in [1.82, 2.24) is 19.9 Å². The maximum Gasteiger partial charge on any atom is 0.255 e. The number of fused-ring (bicyclic) bond motifs is 2. The fourth-order valence-corrected chi connectivity index (χ4v) is 4.96. The number of hydrogen-bond donors (Lipinski definition) is 0. The molecule has 1 aliphatic carbocycles. The highest BCUT2D eigenvalue weighted by Gasteiger charge is 2.52. The van der Waals surface area contributed by atoms with Crippen LogP contribution >= 0.6 is 15.9 Å². The standard InChI is InChI=1S/C23H21BrN4O2/c1-14-15-11-19(20(12-15)30-21-8-7-16(24)13-27-21)28(14)23(29)18-6-3-2-5-17(18)22-25-9-4-10-26-22/h2-10,13-15,19-20H,11-12H2,1H3/t14-,15-,19+,20-/m1/s1. The molecule has 0 unspecified atom stereocenters. The first-order valence-corrected chi connectivity index (χ1v) is 10.9. The van der Waals surface area contributed by atoms with Crippen molar-refractivity contribution in [3.63, 3.8) is 0 Å². The number of aromatic nitrogens is 3. The SMILES string of the molecule is C[C@@H]1[C@H]2C[C@@H](Oc3ccc(Br)cn3)[C@H](C2)N1C(=O)c1ccccc1-c1ncccn1. The zero-order valence-electron chi connectivity index (χ0n) is 16.5. The highest BCUT2D eigenvalue weighted by atomic mass is 79.9. The third-order valence-corrected chi connectivity index (χ3v) is 6.63. The lowest BCUT2D eigenvalue weighted by atomic mass is 9.97. The maximum absolute atomic E-state index is 13.7. The summed E-state index contributed by atoms with van der Waals surface area (Å²) in [7, 11) is 0. The summed E-state index contributed by atoms with van der Waals surface area (Å²) in [6.07, 6.45) is 6.96. The molecule has 1 aromatic carbocycles. The third kappa shape index (κ3) is 3.37. The molecule has 0 radical (unpaired) electrons. The second kappa shape index (κ2) is 7.80. The van der Waals surface area contributed by atoms with Crippen molar-refractivity contribution in [2.24, 2.45) is 5.92 Å². The highest BCUT2D eigenvalue weighted by Crippen LogP contribution is 2.45. The minimum atomic E-state index is -0.0519. The van der Waals surface area contributed by atoms with Crippen LogP contribution in [-0.4, -0.2) is 43.9 Å². The molecular formula is C23H21BrN4O2. The predicted octanol–water partition coefficient (Wildman–Crippen LogP) is 4.37. The van der Waals surface area contributed by atoms with Crippen LogP contribution in [0.1, 0.15) is 30.1 Å². The van der Waals surface area contributed by atoms with E-state index in [1.807, 2.05) is 41.3 Å². The van der Waals surface area contributed by atoms with Gasteiger partial charge in [-0.05, 0) is 59.8 Å². The number of piperidine rings is 1. The first-order chi connectivity index (χ1) is 14.6. The van der Waals surface area contributed by atoms with Crippen molar-refractivity contribution in [2.45, 2.75) is 38.0 Å². The largest absolute Gasteiger partial charge is 0.472 e. The van der Waals surface area contributed by atoms with Gasteiger partial charge in [0.15, 0.2) is 5.82 Å². The molecule has 1 amide bonds. The van der Waals surface area contributed by atoms with Crippen molar-refractivity contribution in [2.75, 3.05) is 0 Å². The molecular weight excluding hydrogens is 444 g/mol. The smallest absolute Gasteiger partial charge is 0.255 e. The maximum atomic E-state index is 13.7. The molecule has 7 heteroatoms. The van der Waals surface area contributed by atoms with E-state index >= 15 is 0 Å². The molecule has 5 rings (SSSR count). The average Bonchev–Trinajstić information content (AvgIpc) is 3.33. The molecule has 3 heterocycles. The summed E-state index contributed by atoms with van der Waals surface area (Å²) in [5, 5.41) is 0. The summed E-state index contributed by atoms with van der Waals surface area (Å²) >= 11 is 3.40. The van der Waals surface area contributed by atoms with Crippen molar-refractivity contribution in [3.05, 3.63) is 71.1 Å². The molecule has 2 aliphatic rings. The number of hydrogen-bond acceptors (Lipinski definition) is 5. The molecule has 152 valence electrons. The third-order valence-electron chi connectivity index (χ3n) is 6.16. The molecule has 2 fully saturated rings. The molecule has 2 aromatic heterocycles. The number of pyridine rings is 1. The van der Waals surface area contributed by atoms with Gasteiger partial charge < -0.3 is 9.64 Å². The topological polar surface area (TPSA) is 68.2 Å². The van der Waals surface area contributed by atoms with Gasteiger partial charge in [0.05, 0.1) is 11.6 Å². The lowest BCUT2D eigenvalue weighted by molar-refractivity contribution is 0.0314. The first-order valence-electron chi connectivity index (χ1n) is 10.1. The highest BCUT2D eigenvalue weighted by molar-refractivity contribution is 9.10. The lowest BCUT2D eigenvalue weighted by Crippen LogP contribution is -2.51. The molecule has 30 heavy (non-hydrogen) atoms. The zero-order chi connectivity index (χ0) is 20.7.